The van der Waals surface area contributed by atoms with Crippen molar-refractivity contribution in [3.8, 4) is 0 Å². The molecule has 0 aromatic heterocycles. The molecule has 2 saturated heterocycles. The standard InChI is InChI=1S/C26H39N5O5/c1-4-6-10-19(5-2)16-29-17-22-30(21(25(29)35)13-14-24(33)34)23(32)18-28(3)31(22)26(36)27-15-20-11-8-7-9-12-20/h7-9,11-12,19,21-22H,4-6,10,13-18H2,1-3H3,(H,27,36)(H,33,34)/t19?,21-,22?/m0/s1. The average molecular weight is 502 g/mol. The van der Waals surface area contributed by atoms with Gasteiger partial charge in [-0.25, -0.2) is 14.8 Å². The number of nitrogens with zero attached hydrogens (tertiary/aromatic N) is 4. The topological polar surface area (TPSA) is 114 Å². The second-order valence-corrected chi connectivity index (χ2v) is 9.69. The maximum atomic E-state index is 13.5. The number of carboxylic acids is 1. The number of aliphatic carboxylic acids is 1. The molecule has 198 valence electrons. The number of unbranched alkanes of at least 4 members (excludes halogenated alkanes) is 1. The number of fused-ring (bicyclic) bond motifs is 1. The Balaban J connectivity index is 1.86. The van der Waals surface area contributed by atoms with Gasteiger partial charge in [0.15, 0.2) is 0 Å². The molecule has 0 spiro atoms. The molecule has 0 radical (unpaired) electrons. The number of carbonyl (C=O) groups excluding carboxylic acids is 3. The lowest BCUT2D eigenvalue weighted by Gasteiger charge is -2.54. The minimum Gasteiger partial charge on any atom is -0.481 e. The Morgan fingerprint density at radius 2 is 1.89 bits per heavy atom. The van der Waals surface area contributed by atoms with Crippen LogP contribution in [0.15, 0.2) is 30.3 Å². The summed E-state index contributed by atoms with van der Waals surface area (Å²) in [7, 11) is 1.68. The lowest BCUT2D eigenvalue weighted by Crippen LogP contribution is -2.76. The first kappa shape index (κ1) is 27.4. The highest BCUT2D eigenvalue weighted by Crippen LogP contribution is 2.29. The molecular weight excluding hydrogens is 462 g/mol. The van der Waals surface area contributed by atoms with Crippen molar-refractivity contribution < 1.29 is 24.3 Å². The van der Waals surface area contributed by atoms with Crippen molar-refractivity contribution in [1.29, 1.82) is 0 Å². The number of carboxylic acid groups (broad SMARTS) is 1. The predicted octanol–water partition coefficient (Wildman–Crippen LogP) is 2.51. The van der Waals surface area contributed by atoms with Crippen LogP contribution in [0.5, 0.6) is 0 Å². The van der Waals surface area contributed by atoms with Gasteiger partial charge < -0.3 is 20.2 Å². The number of hydrogen-bond acceptors (Lipinski definition) is 5. The van der Waals surface area contributed by atoms with E-state index in [1.165, 1.54) is 9.91 Å². The first-order chi connectivity index (χ1) is 17.3. The SMILES string of the molecule is CCCCC(CC)CN1CC2N(C(=O)CN(C)N2C(=O)NCc2ccccc2)[C@@H](CCC(=O)O)C1=O. The van der Waals surface area contributed by atoms with Crippen molar-refractivity contribution in [2.75, 3.05) is 26.7 Å². The van der Waals surface area contributed by atoms with Gasteiger partial charge >= 0.3 is 12.0 Å². The summed E-state index contributed by atoms with van der Waals surface area (Å²) in [5.41, 5.74) is 0.944. The Kier molecular flexibility index (Phi) is 9.69. The van der Waals surface area contributed by atoms with E-state index in [4.69, 9.17) is 0 Å². The van der Waals surface area contributed by atoms with Gasteiger partial charge in [0.25, 0.3) is 0 Å². The Hall–Kier alpha value is -3.14. The van der Waals surface area contributed by atoms with E-state index >= 15 is 0 Å². The molecule has 2 fully saturated rings. The predicted molar refractivity (Wildman–Crippen MR) is 134 cm³/mol. The number of nitrogens with one attached hydrogen (secondary N) is 1. The number of rotatable bonds is 11. The quantitative estimate of drug-likeness (QED) is 0.482. The fraction of sp³-hybridized carbons (Fsp3) is 0.615. The third kappa shape index (κ3) is 6.54. The molecule has 36 heavy (non-hydrogen) atoms. The Bertz CT molecular complexity index is 927. The third-order valence-electron chi connectivity index (χ3n) is 7.09. The summed E-state index contributed by atoms with van der Waals surface area (Å²) in [5, 5.41) is 15.3. The smallest absolute Gasteiger partial charge is 0.334 e. The monoisotopic (exact) mass is 501 g/mol. The molecule has 4 amide bonds. The minimum atomic E-state index is -1.02. The maximum absolute atomic E-state index is 13.5. The van der Waals surface area contributed by atoms with Crippen molar-refractivity contribution in [2.45, 2.75) is 71.1 Å². The maximum Gasteiger partial charge on any atom is 0.334 e. The van der Waals surface area contributed by atoms with E-state index in [1.54, 1.807) is 17.0 Å². The van der Waals surface area contributed by atoms with Crippen LogP contribution in [-0.2, 0) is 20.9 Å². The summed E-state index contributed by atoms with van der Waals surface area (Å²) in [6, 6.07) is 8.26. The number of benzene rings is 1. The molecule has 2 heterocycles. The highest BCUT2D eigenvalue weighted by Gasteiger charge is 2.50. The highest BCUT2D eigenvalue weighted by molar-refractivity contribution is 5.91. The van der Waals surface area contributed by atoms with Gasteiger partial charge in [-0.2, -0.15) is 0 Å². The first-order valence-electron chi connectivity index (χ1n) is 12.9. The normalized spacial score (nSPS) is 21.4. The number of hydrazine groups is 1. The van der Waals surface area contributed by atoms with Crippen LogP contribution >= 0.6 is 0 Å². The van der Waals surface area contributed by atoms with Crippen molar-refractivity contribution in [3.05, 3.63) is 35.9 Å². The zero-order valence-electron chi connectivity index (χ0n) is 21.6. The lowest BCUT2D eigenvalue weighted by molar-refractivity contribution is -0.188. The average Bonchev–Trinajstić information content (AvgIpc) is 2.85. The number of hydrogen-bond donors (Lipinski definition) is 2. The molecule has 10 heteroatoms. The molecule has 10 nitrogen and oxygen atoms in total. The first-order valence-corrected chi connectivity index (χ1v) is 12.9. The number of urea groups is 1. The fourth-order valence-corrected chi connectivity index (χ4v) is 5.09. The Labute approximate surface area is 213 Å². The van der Waals surface area contributed by atoms with Crippen molar-refractivity contribution in [2.24, 2.45) is 5.92 Å². The molecule has 0 saturated carbocycles. The molecule has 2 N–H and O–H groups in total. The molecule has 1 aromatic carbocycles. The molecule has 0 aliphatic carbocycles. The molecule has 2 aliphatic rings. The molecule has 3 atom stereocenters. The minimum absolute atomic E-state index is 0.0157. The van der Waals surface area contributed by atoms with Crippen LogP contribution in [0.1, 0.15) is 57.9 Å². The van der Waals surface area contributed by atoms with Crippen LogP contribution in [-0.4, -0.2) is 87.6 Å². The van der Waals surface area contributed by atoms with E-state index in [0.717, 1.165) is 31.2 Å². The van der Waals surface area contributed by atoms with E-state index in [1.807, 2.05) is 30.3 Å². The molecule has 2 unspecified atom stereocenters. The van der Waals surface area contributed by atoms with Gasteiger partial charge in [0.1, 0.15) is 12.2 Å². The van der Waals surface area contributed by atoms with Crippen LogP contribution in [0.3, 0.4) is 0 Å². The van der Waals surface area contributed by atoms with Crippen LogP contribution in [0.25, 0.3) is 0 Å². The summed E-state index contributed by atoms with van der Waals surface area (Å²) < 4.78 is 0. The van der Waals surface area contributed by atoms with E-state index in [9.17, 15) is 24.3 Å². The van der Waals surface area contributed by atoms with Gasteiger partial charge in [-0.15, -0.1) is 0 Å². The molecule has 1 aromatic rings. The van der Waals surface area contributed by atoms with Gasteiger partial charge in [-0.1, -0.05) is 63.4 Å². The Morgan fingerprint density at radius 3 is 2.53 bits per heavy atom. The van der Waals surface area contributed by atoms with Crippen molar-refractivity contribution in [3.63, 3.8) is 0 Å². The zero-order chi connectivity index (χ0) is 26.2. The number of amides is 4. The number of carbonyl (C=O) groups is 4. The van der Waals surface area contributed by atoms with Crippen molar-refractivity contribution >= 4 is 23.8 Å². The summed E-state index contributed by atoms with van der Waals surface area (Å²) in [6.07, 6.45) is 3.12. The van der Waals surface area contributed by atoms with Crippen LogP contribution in [0.4, 0.5) is 4.79 Å². The van der Waals surface area contributed by atoms with E-state index in [2.05, 4.69) is 19.2 Å². The van der Waals surface area contributed by atoms with Gasteiger partial charge in [-0.05, 0) is 24.3 Å². The third-order valence-corrected chi connectivity index (χ3v) is 7.09. The summed E-state index contributed by atoms with van der Waals surface area (Å²) in [5.74, 6) is -1.23. The Morgan fingerprint density at radius 1 is 1.17 bits per heavy atom. The molecule has 3 rings (SSSR count). The molecule has 2 aliphatic heterocycles. The summed E-state index contributed by atoms with van der Waals surface area (Å²) in [6.45, 7) is 5.21. The van der Waals surface area contributed by atoms with Gasteiger partial charge in [-0.3, -0.25) is 14.4 Å². The van der Waals surface area contributed by atoms with Gasteiger partial charge in [0, 0.05) is 26.6 Å². The van der Waals surface area contributed by atoms with Crippen LogP contribution in [0, 0.1) is 5.92 Å². The van der Waals surface area contributed by atoms with Gasteiger partial charge in [0.05, 0.1) is 13.1 Å². The number of piperazine rings is 1. The summed E-state index contributed by atoms with van der Waals surface area (Å²) in [4.78, 5) is 54.5. The van der Waals surface area contributed by atoms with E-state index in [-0.39, 0.29) is 43.8 Å². The molecular formula is C26H39N5O5. The second kappa shape index (κ2) is 12.7. The zero-order valence-corrected chi connectivity index (χ0v) is 21.6. The summed E-state index contributed by atoms with van der Waals surface area (Å²) >= 11 is 0. The van der Waals surface area contributed by atoms with Gasteiger partial charge in [0.2, 0.25) is 11.8 Å². The lowest BCUT2D eigenvalue weighted by atomic mass is 9.96. The van der Waals surface area contributed by atoms with Crippen molar-refractivity contribution in [1.82, 2.24) is 25.1 Å². The van der Waals surface area contributed by atoms with Crippen LogP contribution in [0.2, 0.25) is 0 Å². The molecule has 0 bridgehead atoms. The fourth-order valence-electron chi connectivity index (χ4n) is 5.09. The highest BCUT2D eigenvalue weighted by atomic mass is 16.4. The van der Waals surface area contributed by atoms with E-state index < -0.39 is 18.2 Å². The largest absolute Gasteiger partial charge is 0.481 e. The van der Waals surface area contributed by atoms with E-state index in [0.29, 0.717) is 19.0 Å². The van der Waals surface area contributed by atoms with Crippen LogP contribution < -0.4 is 5.32 Å². The number of likely N-dealkylation sites (N-methyl/N-ethyl adjacent to an activating group) is 1. The second-order valence-electron chi connectivity index (χ2n) is 9.69.